The highest BCUT2D eigenvalue weighted by molar-refractivity contribution is 9.10. The SMILES string of the molecule is Cl.Cl.Oc1c(Br)cc(F)c(F)c1[C@H](C1CCOCC1)N1CCNCC1. The molecule has 0 bridgehead atoms. The minimum absolute atomic E-state index is 0. The maximum atomic E-state index is 14.6. The van der Waals surface area contributed by atoms with Crippen molar-refractivity contribution in [2.24, 2.45) is 5.92 Å². The van der Waals surface area contributed by atoms with Crippen LogP contribution in [-0.4, -0.2) is 49.4 Å². The number of hydrogen-bond donors (Lipinski definition) is 2. The maximum absolute atomic E-state index is 14.6. The summed E-state index contributed by atoms with van der Waals surface area (Å²) in [6, 6.07) is 0.639. The van der Waals surface area contributed by atoms with Gasteiger partial charge in [0.05, 0.1) is 10.0 Å². The van der Waals surface area contributed by atoms with Crippen molar-refractivity contribution < 1.29 is 18.6 Å². The normalized spacial score (nSPS) is 20.4. The first-order valence-electron chi connectivity index (χ1n) is 7.98. The number of phenols is 1. The van der Waals surface area contributed by atoms with Crippen molar-refractivity contribution >= 4 is 40.7 Å². The second-order valence-electron chi connectivity index (χ2n) is 6.10. The van der Waals surface area contributed by atoms with E-state index in [4.69, 9.17) is 4.74 Å². The molecule has 1 aromatic rings. The number of hydrogen-bond acceptors (Lipinski definition) is 4. The number of halogens is 5. The predicted octanol–water partition coefficient (Wildman–Crippen LogP) is 3.65. The molecule has 4 nitrogen and oxygen atoms in total. The van der Waals surface area contributed by atoms with Gasteiger partial charge in [-0.15, -0.1) is 24.8 Å². The average molecular weight is 464 g/mol. The number of piperazine rings is 1. The molecule has 2 N–H and O–H groups in total. The van der Waals surface area contributed by atoms with Gasteiger partial charge in [-0.05, 0) is 40.8 Å². The van der Waals surface area contributed by atoms with E-state index in [1.165, 1.54) is 0 Å². The number of rotatable bonds is 3. The molecule has 25 heavy (non-hydrogen) atoms. The van der Waals surface area contributed by atoms with E-state index < -0.39 is 11.6 Å². The Bertz CT molecular complexity index is 527. The van der Waals surface area contributed by atoms with Gasteiger partial charge in [0.25, 0.3) is 0 Å². The van der Waals surface area contributed by atoms with E-state index in [0.29, 0.717) is 13.2 Å². The monoisotopic (exact) mass is 462 g/mol. The first-order valence-corrected chi connectivity index (χ1v) is 8.77. The van der Waals surface area contributed by atoms with Crippen molar-refractivity contribution in [2.45, 2.75) is 18.9 Å². The largest absolute Gasteiger partial charge is 0.506 e. The molecule has 2 saturated heterocycles. The first kappa shape index (κ1) is 22.9. The standard InChI is InChI=1S/C16H21BrF2N2O2.2ClH/c17-11-9-12(18)14(19)13(16(11)22)15(10-1-7-23-8-2-10)21-5-3-20-4-6-21;;/h9-10,15,20,22H,1-8H2;2*1H/t15-;;/m0../s1. The van der Waals surface area contributed by atoms with Gasteiger partial charge in [0.1, 0.15) is 5.75 Å². The smallest absolute Gasteiger partial charge is 0.167 e. The third-order valence-electron chi connectivity index (χ3n) is 4.73. The van der Waals surface area contributed by atoms with Crippen LogP contribution >= 0.6 is 40.7 Å². The molecule has 144 valence electrons. The van der Waals surface area contributed by atoms with E-state index in [1.807, 2.05) is 0 Å². The molecule has 0 aromatic heterocycles. The van der Waals surface area contributed by atoms with Crippen molar-refractivity contribution in [2.75, 3.05) is 39.4 Å². The van der Waals surface area contributed by atoms with E-state index in [2.05, 4.69) is 26.1 Å². The Labute approximate surface area is 167 Å². The molecule has 2 heterocycles. The second kappa shape index (κ2) is 10.2. The lowest BCUT2D eigenvalue weighted by atomic mass is 9.84. The van der Waals surface area contributed by atoms with Crippen molar-refractivity contribution in [3.05, 3.63) is 27.7 Å². The zero-order valence-corrected chi connectivity index (χ0v) is 16.9. The molecule has 0 amide bonds. The Balaban J connectivity index is 0.00000156. The Kier molecular flexibility index (Phi) is 9.36. The van der Waals surface area contributed by atoms with Crippen molar-refractivity contribution in [3.8, 4) is 5.75 Å². The molecule has 2 fully saturated rings. The van der Waals surface area contributed by atoms with E-state index >= 15 is 0 Å². The number of ether oxygens (including phenoxy) is 1. The van der Waals surface area contributed by atoms with Crippen LogP contribution in [0.2, 0.25) is 0 Å². The minimum atomic E-state index is -0.944. The Morgan fingerprint density at radius 2 is 1.80 bits per heavy atom. The van der Waals surface area contributed by atoms with Crippen LogP contribution in [0, 0.1) is 17.6 Å². The molecular formula is C16H23BrCl2F2N2O2. The summed E-state index contributed by atoms with van der Waals surface area (Å²) in [5.74, 6) is -1.94. The highest BCUT2D eigenvalue weighted by Gasteiger charge is 2.36. The van der Waals surface area contributed by atoms with E-state index in [0.717, 1.165) is 45.1 Å². The third kappa shape index (κ3) is 4.96. The van der Waals surface area contributed by atoms with Crippen LogP contribution in [-0.2, 0) is 4.74 Å². The quantitative estimate of drug-likeness (QED) is 0.671. The summed E-state index contributed by atoms with van der Waals surface area (Å²) in [6.07, 6.45) is 1.56. The Morgan fingerprint density at radius 1 is 1.20 bits per heavy atom. The summed E-state index contributed by atoms with van der Waals surface area (Å²) < 4.78 is 34.1. The molecule has 0 spiro atoms. The maximum Gasteiger partial charge on any atom is 0.167 e. The number of nitrogens with zero attached hydrogens (tertiary/aromatic N) is 1. The van der Waals surface area contributed by atoms with Crippen molar-refractivity contribution in [1.29, 1.82) is 0 Å². The first-order chi connectivity index (χ1) is 11.1. The summed E-state index contributed by atoms with van der Waals surface area (Å²) in [6.45, 7) is 4.33. The zero-order valence-electron chi connectivity index (χ0n) is 13.6. The summed E-state index contributed by atoms with van der Waals surface area (Å²) >= 11 is 3.14. The summed E-state index contributed by atoms with van der Waals surface area (Å²) in [7, 11) is 0. The molecule has 3 rings (SSSR count). The molecule has 2 aliphatic heterocycles. The molecule has 0 unspecified atom stereocenters. The summed E-state index contributed by atoms with van der Waals surface area (Å²) in [5, 5.41) is 13.7. The predicted molar refractivity (Wildman–Crippen MR) is 101 cm³/mol. The van der Waals surface area contributed by atoms with Crippen LogP contribution in [0.4, 0.5) is 8.78 Å². The highest BCUT2D eigenvalue weighted by atomic mass is 79.9. The highest BCUT2D eigenvalue weighted by Crippen LogP contribution is 2.43. The fourth-order valence-corrected chi connectivity index (χ4v) is 4.00. The van der Waals surface area contributed by atoms with Crippen LogP contribution in [0.1, 0.15) is 24.4 Å². The van der Waals surface area contributed by atoms with Crippen LogP contribution in [0.5, 0.6) is 5.75 Å². The topological polar surface area (TPSA) is 44.7 Å². The molecule has 0 aliphatic carbocycles. The lowest BCUT2D eigenvalue weighted by Gasteiger charge is -2.41. The van der Waals surface area contributed by atoms with E-state index in [9.17, 15) is 13.9 Å². The van der Waals surface area contributed by atoms with Crippen LogP contribution in [0.25, 0.3) is 0 Å². The summed E-state index contributed by atoms with van der Waals surface area (Å²) in [4.78, 5) is 2.15. The molecular weight excluding hydrogens is 441 g/mol. The zero-order chi connectivity index (χ0) is 16.4. The Morgan fingerprint density at radius 3 is 2.40 bits per heavy atom. The van der Waals surface area contributed by atoms with Gasteiger partial charge >= 0.3 is 0 Å². The van der Waals surface area contributed by atoms with Crippen molar-refractivity contribution in [1.82, 2.24) is 10.2 Å². The molecule has 1 atom stereocenters. The van der Waals surface area contributed by atoms with Gasteiger partial charge in [-0.25, -0.2) is 8.78 Å². The van der Waals surface area contributed by atoms with Gasteiger partial charge in [0.2, 0.25) is 0 Å². The average Bonchev–Trinajstić information content (AvgIpc) is 2.58. The lowest BCUT2D eigenvalue weighted by Crippen LogP contribution is -2.47. The number of phenolic OH excluding ortho intramolecular Hbond substituents is 1. The number of aromatic hydroxyl groups is 1. The number of benzene rings is 1. The lowest BCUT2D eigenvalue weighted by molar-refractivity contribution is 0.0193. The van der Waals surface area contributed by atoms with Gasteiger partial charge in [0.15, 0.2) is 11.6 Å². The van der Waals surface area contributed by atoms with E-state index in [-0.39, 0.29) is 52.6 Å². The fraction of sp³-hybridized carbons (Fsp3) is 0.625. The van der Waals surface area contributed by atoms with Crippen LogP contribution < -0.4 is 5.32 Å². The van der Waals surface area contributed by atoms with Gasteiger partial charge in [-0.3, -0.25) is 4.90 Å². The van der Waals surface area contributed by atoms with Gasteiger partial charge in [0, 0.05) is 45.4 Å². The van der Waals surface area contributed by atoms with Crippen molar-refractivity contribution in [3.63, 3.8) is 0 Å². The summed E-state index contributed by atoms with van der Waals surface area (Å²) in [5.41, 5.74) is 0.0747. The molecule has 9 heteroatoms. The second-order valence-corrected chi connectivity index (χ2v) is 6.95. The molecule has 0 radical (unpaired) electrons. The Hall–Kier alpha value is -0.180. The molecule has 0 saturated carbocycles. The molecule has 1 aromatic carbocycles. The molecule has 2 aliphatic rings. The van der Waals surface area contributed by atoms with Crippen LogP contribution in [0.15, 0.2) is 10.5 Å². The number of nitrogens with one attached hydrogen (secondary N) is 1. The van der Waals surface area contributed by atoms with Gasteiger partial charge < -0.3 is 15.2 Å². The van der Waals surface area contributed by atoms with Crippen LogP contribution in [0.3, 0.4) is 0 Å². The van der Waals surface area contributed by atoms with Gasteiger partial charge in [-0.1, -0.05) is 0 Å². The van der Waals surface area contributed by atoms with Gasteiger partial charge in [-0.2, -0.15) is 0 Å². The fourth-order valence-electron chi connectivity index (χ4n) is 3.58. The third-order valence-corrected chi connectivity index (χ3v) is 5.34. The minimum Gasteiger partial charge on any atom is -0.506 e. The van der Waals surface area contributed by atoms with E-state index in [1.54, 1.807) is 0 Å².